The minimum atomic E-state index is -2.09. The molecule has 1 rings (SSSR count). The first-order valence-electron chi connectivity index (χ1n) is 7.46. The van der Waals surface area contributed by atoms with E-state index in [1.165, 1.54) is 5.30 Å². The van der Waals surface area contributed by atoms with E-state index in [0.717, 1.165) is 5.75 Å². The number of alkyl halides is 1. The van der Waals surface area contributed by atoms with Gasteiger partial charge in [-0.15, -0.1) is 0 Å². The summed E-state index contributed by atoms with van der Waals surface area (Å²) in [6, 6.07) is 8.55. The van der Waals surface area contributed by atoms with Crippen LogP contribution in [0, 0.1) is 0 Å². The molecule has 0 amide bonds. The van der Waals surface area contributed by atoms with Crippen LogP contribution in [0.15, 0.2) is 24.3 Å². The fraction of sp³-hybridized carbons (Fsp3) is 0.647. The van der Waals surface area contributed by atoms with Crippen LogP contribution in [0.2, 0.25) is 0 Å². The summed E-state index contributed by atoms with van der Waals surface area (Å²) >= 11 is 10.2. The molecular formula is C17H29ClOPPd. The van der Waals surface area contributed by atoms with E-state index in [4.69, 9.17) is 16.3 Å². The van der Waals surface area contributed by atoms with Gasteiger partial charge in [0, 0.05) is 0 Å². The van der Waals surface area contributed by atoms with Gasteiger partial charge < -0.3 is 0 Å². The molecule has 0 heterocycles. The zero-order chi connectivity index (χ0) is 16.5. The number of ether oxygens (including phenoxy) is 1. The van der Waals surface area contributed by atoms with Gasteiger partial charge >= 0.3 is 147 Å². The molecule has 0 spiro atoms. The third kappa shape index (κ3) is 3.67. The second kappa shape index (κ2) is 6.88. The molecule has 0 aliphatic rings. The second-order valence-corrected chi connectivity index (χ2v) is 16.3. The molecule has 0 radical (unpaired) electrons. The predicted octanol–water partition coefficient (Wildman–Crippen LogP) is 5.13. The topological polar surface area (TPSA) is 9.23 Å². The monoisotopic (exact) mass is 421 g/mol. The molecule has 0 fully saturated rings. The number of hydrogen-bond acceptors (Lipinski definition) is 1. The zero-order valence-corrected chi connectivity index (χ0v) is 17.5. The van der Waals surface area contributed by atoms with Crippen LogP contribution in [0.1, 0.15) is 48.5 Å². The van der Waals surface area contributed by atoms with E-state index in [1.807, 2.05) is 13.0 Å². The maximum atomic E-state index is 6.79. The average molecular weight is 422 g/mol. The van der Waals surface area contributed by atoms with Crippen molar-refractivity contribution in [2.75, 3.05) is 6.61 Å². The van der Waals surface area contributed by atoms with Crippen molar-refractivity contribution in [3.63, 3.8) is 0 Å². The van der Waals surface area contributed by atoms with Gasteiger partial charge in [0.25, 0.3) is 0 Å². The van der Waals surface area contributed by atoms with Gasteiger partial charge in [-0.05, 0) is 0 Å². The minimum absolute atomic E-state index is 0.00243. The quantitative estimate of drug-likeness (QED) is 0.372. The molecule has 1 unspecified atom stereocenters. The van der Waals surface area contributed by atoms with Crippen LogP contribution in [0.25, 0.3) is 0 Å². The molecule has 0 aliphatic heterocycles. The Kier molecular flexibility index (Phi) is 6.38. The summed E-state index contributed by atoms with van der Waals surface area (Å²) in [6.07, 6.45) is 0. The van der Waals surface area contributed by atoms with Gasteiger partial charge in [0.05, 0.1) is 0 Å². The van der Waals surface area contributed by atoms with E-state index in [0.29, 0.717) is 6.61 Å². The van der Waals surface area contributed by atoms with Crippen molar-refractivity contribution >= 4 is 24.2 Å². The van der Waals surface area contributed by atoms with Crippen molar-refractivity contribution in [1.29, 1.82) is 0 Å². The Labute approximate surface area is 146 Å². The van der Waals surface area contributed by atoms with Gasteiger partial charge in [-0.1, -0.05) is 0 Å². The van der Waals surface area contributed by atoms with E-state index in [2.05, 4.69) is 78.9 Å². The molecule has 0 bridgehead atoms. The summed E-state index contributed by atoms with van der Waals surface area (Å²) in [5, 5.41) is 1.61. The standard InChI is InChI=1S/C17H29ClOP.Pd/c1-8-19-14-10-9-11-15(12-14)20(13-18,16(2,3)4)17(5,6)7;/h9-13,20H,8H2,1-7H3;. The van der Waals surface area contributed by atoms with Crippen LogP contribution in [-0.2, 0) is 19.2 Å². The number of rotatable bonds is 4. The molecule has 21 heavy (non-hydrogen) atoms. The number of hydrogen-bond donors (Lipinski definition) is 0. The van der Waals surface area contributed by atoms with Crippen LogP contribution in [0.5, 0.6) is 5.75 Å². The van der Waals surface area contributed by atoms with Gasteiger partial charge in [-0.3, -0.25) is 0 Å². The first kappa shape index (κ1) is 19.4. The van der Waals surface area contributed by atoms with Crippen LogP contribution < -0.4 is 10.0 Å². The van der Waals surface area contributed by atoms with Crippen LogP contribution in [0.4, 0.5) is 0 Å². The van der Waals surface area contributed by atoms with Crippen molar-refractivity contribution in [3.05, 3.63) is 24.3 Å². The molecule has 4 heteroatoms. The van der Waals surface area contributed by atoms with Crippen LogP contribution >= 0.6 is 18.9 Å². The van der Waals surface area contributed by atoms with Gasteiger partial charge in [0.1, 0.15) is 0 Å². The molecule has 0 N–H and O–H groups in total. The van der Waals surface area contributed by atoms with Crippen molar-refractivity contribution in [2.24, 2.45) is 0 Å². The van der Waals surface area contributed by atoms with E-state index < -0.39 is 7.26 Å². The average Bonchev–Trinajstić information content (AvgIpc) is 2.25. The van der Waals surface area contributed by atoms with Gasteiger partial charge in [-0.2, -0.15) is 0 Å². The Morgan fingerprint density at radius 1 is 1.14 bits per heavy atom. The number of benzene rings is 1. The Morgan fingerprint density at radius 3 is 2.05 bits per heavy atom. The summed E-state index contributed by atoms with van der Waals surface area (Å²) in [6.45, 7) is 16.6. The van der Waals surface area contributed by atoms with Crippen LogP contribution in [0.3, 0.4) is 0 Å². The molecule has 125 valence electrons. The fourth-order valence-electron chi connectivity index (χ4n) is 3.71. The Morgan fingerprint density at radius 2 is 1.67 bits per heavy atom. The zero-order valence-electron chi connectivity index (χ0n) is 14.2. The number of halogens is 1. The Hall–Kier alpha value is 0.402. The molecule has 0 aromatic heterocycles. The van der Waals surface area contributed by atoms with Crippen molar-refractivity contribution in [3.8, 4) is 5.75 Å². The van der Waals surface area contributed by atoms with E-state index in [9.17, 15) is 0 Å². The van der Waals surface area contributed by atoms with Gasteiger partial charge in [0.15, 0.2) is 0 Å². The summed E-state index contributed by atoms with van der Waals surface area (Å²) in [4.78, 5) is 0. The van der Waals surface area contributed by atoms with Crippen molar-refractivity contribution < 1.29 is 23.9 Å². The molecule has 1 aromatic rings. The molecule has 0 saturated carbocycles. The van der Waals surface area contributed by atoms with E-state index in [-0.39, 0.29) is 13.9 Å². The third-order valence-electron chi connectivity index (χ3n) is 4.27. The predicted molar refractivity (Wildman–Crippen MR) is 94.7 cm³/mol. The molecule has 0 aliphatic carbocycles. The van der Waals surface area contributed by atoms with Crippen LogP contribution in [-0.4, -0.2) is 20.5 Å². The van der Waals surface area contributed by atoms with Gasteiger partial charge in [-0.25, -0.2) is 0 Å². The second-order valence-electron chi connectivity index (χ2n) is 7.54. The molecule has 1 atom stereocenters. The molecular weight excluding hydrogens is 393 g/mol. The first-order valence-corrected chi connectivity index (χ1v) is 10.9. The van der Waals surface area contributed by atoms with Crippen molar-refractivity contribution in [2.45, 2.75) is 62.4 Å². The Balaban J connectivity index is 3.61. The fourth-order valence-corrected chi connectivity index (χ4v) is 17.0. The summed E-state index contributed by atoms with van der Waals surface area (Å²) in [5.41, 5.74) is 0. The normalized spacial score (nSPS) is 15.7. The molecule has 1 aromatic carbocycles. The first-order chi connectivity index (χ1) is 9.48. The summed E-state index contributed by atoms with van der Waals surface area (Å²) in [5.74, 6) is 0.940. The van der Waals surface area contributed by atoms with E-state index >= 15 is 0 Å². The Bertz CT molecular complexity index is 460. The third-order valence-corrected chi connectivity index (χ3v) is 13.8. The molecule has 1 nitrogen and oxygen atoms in total. The molecule has 0 saturated heterocycles. The summed E-state index contributed by atoms with van der Waals surface area (Å²) < 4.78 is 5.71. The van der Waals surface area contributed by atoms with Crippen molar-refractivity contribution in [1.82, 2.24) is 0 Å². The van der Waals surface area contributed by atoms with Gasteiger partial charge in [0.2, 0.25) is 0 Å². The summed E-state index contributed by atoms with van der Waals surface area (Å²) in [7, 11) is -2.09. The SMILES string of the molecule is CCOc1cccc([PH]([CH](Cl)[Pd])(C(C)(C)C)C(C)(C)C)c1. The maximum absolute atomic E-state index is 6.79. The van der Waals surface area contributed by atoms with E-state index in [1.54, 1.807) is 0 Å².